The predicted octanol–water partition coefficient (Wildman–Crippen LogP) is 2.74. The fraction of sp³-hybridized carbons (Fsp3) is 0.667. The zero-order chi connectivity index (χ0) is 12.8. The highest BCUT2D eigenvalue weighted by Crippen LogP contribution is 2.24. The molecule has 0 saturated carbocycles. The van der Waals surface area contributed by atoms with Crippen LogP contribution in [0.25, 0.3) is 0 Å². The maximum atomic E-state index is 6.20. The summed E-state index contributed by atoms with van der Waals surface area (Å²) >= 11 is 6.20. The van der Waals surface area contributed by atoms with Crippen molar-refractivity contribution in [2.24, 2.45) is 5.84 Å². The third-order valence-electron chi connectivity index (χ3n) is 2.53. The van der Waals surface area contributed by atoms with Crippen molar-refractivity contribution in [1.82, 2.24) is 9.97 Å². The monoisotopic (exact) mass is 256 g/mol. The fourth-order valence-corrected chi connectivity index (χ4v) is 1.97. The van der Waals surface area contributed by atoms with Gasteiger partial charge in [0.25, 0.3) is 0 Å². The van der Waals surface area contributed by atoms with Crippen LogP contribution in [0.5, 0.6) is 0 Å². The highest BCUT2D eigenvalue weighted by Gasteiger charge is 2.15. The van der Waals surface area contributed by atoms with Crippen LogP contribution in [0.4, 0.5) is 5.82 Å². The first-order chi connectivity index (χ1) is 8.13. The Hall–Kier alpha value is -0.870. The quantitative estimate of drug-likeness (QED) is 0.483. The Balaban J connectivity index is 3.16. The van der Waals surface area contributed by atoms with Gasteiger partial charge in [-0.25, -0.2) is 15.8 Å². The molecule has 0 aliphatic carbocycles. The second kappa shape index (κ2) is 6.77. The molecular formula is C12H21ClN4. The number of rotatable bonds is 6. The van der Waals surface area contributed by atoms with E-state index in [9.17, 15) is 0 Å². The molecule has 0 aromatic carbocycles. The van der Waals surface area contributed by atoms with Gasteiger partial charge in [-0.05, 0) is 12.8 Å². The minimum Gasteiger partial charge on any atom is -0.295 e. The van der Waals surface area contributed by atoms with Crippen LogP contribution in [-0.4, -0.2) is 16.5 Å². The van der Waals surface area contributed by atoms with Gasteiger partial charge < -0.3 is 0 Å². The molecule has 0 fully saturated rings. The summed E-state index contributed by atoms with van der Waals surface area (Å²) in [5.74, 6) is 7.54. The largest absolute Gasteiger partial charge is 0.295 e. The van der Waals surface area contributed by atoms with Gasteiger partial charge in [-0.15, -0.1) is 0 Å². The van der Waals surface area contributed by atoms with E-state index in [0.29, 0.717) is 5.15 Å². The van der Waals surface area contributed by atoms with E-state index in [-0.39, 0.29) is 0 Å². The Morgan fingerprint density at radius 3 is 2.41 bits per heavy atom. The lowest BCUT2D eigenvalue weighted by atomic mass is 10.1. The zero-order valence-electron chi connectivity index (χ0n) is 10.8. The van der Waals surface area contributed by atoms with E-state index in [1.165, 1.54) is 0 Å². The Labute approximate surface area is 108 Å². The van der Waals surface area contributed by atoms with E-state index < -0.39 is 0 Å². The van der Waals surface area contributed by atoms with Gasteiger partial charge >= 0.3 is 0 Å². The number of hydrazine groups is 1. The van der Waals surface area contributed by atoms with E-state index in [2.05, 4.69) is 23.8 Å². The molecule has 1 rings (SSSR count). The average molecular weight is 257 g/mol. The van der Waals surface area contributed by atoms with Crippen molar-refractivity contribution in [2.75, 3.05) is 11.6 Å². The second-order valence-electron chi connectivity index (χ2n) is 4.03. The number of nitrogens with two attached hydrogens (primary N) is 1. The standard InChI is InChI=1S/C12H21ClN4/c1-4-7-9-11(13)15-10(6-3)16-12(9)17(14)8-5-2/h4-8,14H2,1-3H3. The van der Waals surface area contributed by atoms with Crippen molar-refractivity contribution in [3.8, 4) is 0 Å². The van der Waals surface area contributed by atoms with Crippen molar-refractivity contribution >= 4 is 17.4 Å². The fourth-order valence-electron chi connectivity index (χ4n) is 1.70. The van der Waals surface area contributed by atoms with Crippen LogP contribution < -0.4 is 10.9 Å². The summed E-state index contributed by atoms with van der Waals surface area (Å²) in [6.45, 7) is 6.97. The van der Waals surface area contributed by atoms with Gasteiger partial charge in [0.15, 0.2) is 5.82 Å². The summed E-state index contributed by atoms with van der Waals surface area (Å²) in [5.41, 5.74) is 0.960. The first-order valence-corrected chi connectivity index (χ1v) is 6.59. The van der Waals surface area contributed by atoms with Crippen LogP contribution in [0, 0.1) is 0 Å². The minimum atomic E-state index is 0.542. The van der Waals surface area contributed by atoms with E-state index in [4.69, 9.17) is 17.4 Å². The molecule has 1 aromatic rings. The van der Waals surface area contributed by atoms with Gasteiger partial charge in [-0.1, -0.05) is 38.8 Å². The second-order valence-corrected chi connectivity index (χ2v) is 4.39. The first kappa shape index (κ1) is 14.2. The van der Waals surface area contributed by atoms with Crippen LogP contribution in [0.3, 0.4) is 0 Å². The summed E-state index contributed by atoms with van der Waals surface area (Å²) < 4.78 is 0. The smallest absolute Gasteiger partial charge is 0.151 e. The summed E-state index contributed by atoms with van der Waals surface area (Å²) in [7, 11) is 0. The maximum absolute atomic E-state index is 6.20. The van der Waals surface area contributed by atoms with Crippen LogP contribution in [0.2, 0.25) is 5.15 Å². The molecule has 0 aliphatic heterocycles. The summed E-state index contributed by atoms with van der Waals surface area (Å²) in [6.07, 6.45) is 3.60. The third-order valence-corrected chi connectivity index (χ3v) is 2.85. The van der Waals surface area contributed by atoms with Gasteiger partial charge in [0, 0.05) is 18.5 Å². The summed E-state index contributed by atoms with van der Waals surface area (Å²) in [5, 5.41) is 2.22. The summed E-state index contributed by atoms with van der Waals surface area (Å²) in [6, 6.07) is 0. The number of hydrogen-bond acceptors (Lipinski definition) is 4. The third kappa shape index (κ3) is 3.54. The van der Waals surface area contributed by atoms with Gasteiger partial charge in [0.05, 0.1) is 0 Å². The van der Waals surface area contributed by atoms with E-state index in [0.717, 1.165) is 49.4 Å². The van der Waals surface area contributed by atoms with E-state index >= 15 is 0 Å². The number of aryl methyl sites for hydroxylation is 1. The molecule has 5 heteroatoms. The Morgan fingerprint density at radius 2 is 1.88 bits per heavy atom. The van der Waals surface area contributed by atoms with Gasteiger partial charge in [-0.2, -0.15) is 0 Å². The molecule has 0 saturated heterocycles. The average Bonchev–Trinajstić information content (AvgIpc) is 2.31. The lowest BCUT2D eigenvalue weighted by Gasteiger charge is -2.21. The molecule has 0 amide bonds. The zero-order valence-corrected chi connectivity index (χ0v) is 11.6. The number of aromatic nitrogens is 2. The molecule has 96 valence electrons. The van der Waals surface area contributed by atoms with Crippen LogP contribution in [0.15, 0.2) is 0 Å². The number of hydrogen-bond donors (Lipinski definition) is 1. The summed E-state index contributed by atoms with van der Waals surface area (Å²) in [4.78, 5) is 8.78. The normalized spacial score (nSPS) is 10.6. The minimum absolute atomic E-state index is 0.542. The topological polar surface area (TPSA) is 55.0 Å². The van der Waals surface area contributed by atoms with Gasteiger partial charge in [-0.3, -0.25) is 5.01 Å². The first-order valence-electron chi connectivity index (χ1n) is 6.21. The molecule has 17 heavy (non-hydrogen) atoms. The molecular weight excluding hydrogens is 236 g/mol. The van der Waals surface area contributed by atoms with E-state index in [1.54, 1.807) is 5.01 Å². The molecule has 0 unspecified atom stereocenters. The van der Waals surface area contributed by atoms with Crippen LogP contribution >= 0.6 is 11.6 Å². The lowest BCUT2D eigenvalue weighted by Crippen LogP contribution is -2.33. The predicted molar refractivity (Wildman–Crippen MR) is 72.2 cm³/mol. The highest BCUT2D eigenvalue weighted by atomic mass is 35.5. The molecule has 4 nitrogen and oxygen atoms in total. The molecule has 0 radical (unpaired) electrons. The molecule has 1 heterocycles. The molecule has 0 atom stereocenters. The van der Waals surface area contributed by atoms with Crippen molar-refractivity contribution in [1.29, 1.82) is 0 Å². The molecule has 2 N–H and O–H groups in total. The molecule has 0 spiro atoms. The van der Waals surface area contributed by atoms with Gasteiger partial charge in [0.1, 0.15) is 11.0 Å². The highest BCUT2D eigenvalue weighted by molar-refractivity contribution is 6.30. The molecule has 0 aliphatic rings. The van der Waals surface area contributed by atoms with Crippen LogP contribution in [-0.2, 0) is 12.8 Å². The van der Waals surface area contributed by atoms with Crippen molar-refractivity contribution in [2.45, 2.75) is 46.5 Å². The number of nitrogens with zero attached hydrogens (tertiary/aromatic N) is 3. The molecule has 1 aromatic heterocycles. The number of halogens is 1. The lowest BCUT2D eigenvalue weighted by molar-refractivity contribution is 0.760. The number of anilines is 1. The van der Waals surface area contributed by atoms with Crippen LogP contribution in [0.1, 0.15) is 45.0 Å². The van der Waals surface area contributed by atoms with Gasteiger partial charge in [0.2, 0.25) is 0 Å². The Kier molecular flexibility index (Phi) is 5.65. The van der Waals surface area contributed by atoms with Crippen molar-refractivity contribution in [3.63, 3.8) is 0 Å². The SMILES string of the molecule is CCCc1c(Cl)nc(CC)nc1N(N)CCC. The molecule has 0 bridgehead atoms. The van der Waals surface area contributed by atoms with Crippen molar-refractivity contribution in [3.05, 3.63) is 16.5 Å². The Morgan fingerprint density at radius 1 is 1.18 bits per heavy atom. The Bertz CT molecular complexity index is 368. The maximum Gasteiger partial charge on any atom is 0.151 e. The van der Waals surface area contributed by atoms with Crippen molar-refractivity contribution < 1.29 is 0 Å². The van der Waals surface area contributed by atoms with E-state index in [1.807, 2.05) is 6.92 Å².